The van der Waals surface area contributed by atoms with E-state index in [1.165, 1.54) is 0 Å². The molecule has 1 amide bonds. The number of carbonyl (C=O) groups is 2. The zero-order valence-electron chi connectivity index (χ0n) is 33.5. The van der Waals surface area contributed by atoms with Gasteiger partial charge in [-0.15, -0.1) is 0 Å². The van der Waals surface area contributed by atoms with Crippen LogP contribution in [0.5, 0.6) is 11.6 Å². The average molecular weight is 820 g/mol. The Balaban J connectivity index is 1.28. The van der Waals surface area contributed by atoms with Gasteiger partial charge in [0.25, 0.3) is 5.91 Å². The second-order valence-electron chi connectivity index (χ2n) is 15.1. The van der Waals surface area contributed by atoms with Gasteiger partial charge in [-0.3, -0.25) is 9.48 Å². The molecule has 8 rings (SSSR count). The highest BCUT2D eigenvalue weighted by atomic mass is 35.5. The highest BCUT2D eigenvalue weighted by Crippen LogP contribution is 2.46. The van der Waals surface area contributed by atoms with Crippen molar-refractivity contribution < 1.29 is 24.2 Å². The Morgan fingerprint density at radius 3 is 2.40 bits per heavy atom. The number of nitrogens with zero attached hydrogens (tertiary/aromatic N) is 6. The maximum atomic E-state index is 15.4. The monoisotopic (exact) mass is 818 g/mol. The zero-order chi connectivity index (χ0) is 41.2. The number of methoxy groups -OCH3 is 1. The molecule has 58 heavy (non-hydrogen) atoms. The molecule has 4 aromatic heterocycles. The van der Waals surface area contributed by atoms with Crippen molar-refractivity contribution in [3.05, 3.63) is 122 Å². The third-order valence-electron chi connectivity index (χ3n) is 11.3. The van der Waals surface area contributed by atoms with Gasteiger partial charge in [-0.25, -0.2) is 9.78 Å². The van der Waals surface area contributed by atoms with E-state index in [9.17, 15) is 9.90 Å². The molecule has 0 saturated heterocycles. The van der Waals surface area contributed by atoms with E-state index in [0.29, 0.717) is 64.9 Å². The van der Waals surface area contributed by atoms with Gasteiger partial charge < -0.3 is 28.6 Å². The number of rotatable bonds is 11. The Bertz CT molecular complexity index is 2780. The number of carboxylic acid groups (broad SMARTS) is 1. The van der Waals surface area contributed by atoms with Gasteiger partial charge in [0.1, 0.15) is 17.1 Å². The molecule has 0 aliphatic carbocycles. The predicted octanol–water partition coefficient (Wildman–Crippen LogP) is 9.92. The maximum absolute atomic E-state index is 15.4. The smallest absolute Gasteiger partial charge is 0.352 e. The summed E-state index contributed by atoms with van der Waals surface area (Å²) in [5.41, 5.74) is 9.80. The molecule has 5 heterocycles. The Kier molecular flexibility index (Phi) is 10.2. The van der Waals surface area contributed by atoms with Crippen LogP contribution < -0.4 is 14.4 Å². The summed E-state index contributed by atoms with van der Waals surface area (Å²) in [6, 6.07) is 20.3. The Morgan fingerprint density at radius 1 is 0.966 bits per heavy atom. The fraction of sp³-hybridized carbons (Fsp3) is 0.289. The van der Waals surface area contributed by atoms with Crippen LogP contribution in [0.4, 0.5) is 5.69 Å². The number of halogens is 2. The summed E-state index contributed by atoms with van der Waals surface area (Å²) < 4.78 is 17.4. The SMILES string of the molecule is COc1cccc(Cn2c(C(=O)O)cc3cccc(N4C[C@@H](C)n5c(c(CCCOc6cc(C)c(Cl)c(C)c6)c6ccc(Cl)c(-c7c(C)nn(C)c7C)c65)C4=O)c32)n1. The van der Waals surface area contributed by atoms with E-state index in [4.69, 9.17) is 37.8 Å². The number of aryl methyl sites for hydroxylation is 5. The number of fused-ring (bicyclic) bond motifs is 4. The molecular formula is C45H44Cl2N6O5. The molecule has 1 atom stereocenters. The summed E-state index contributed by atoms with van der Waals surface area (Å²) in [5, 5.41) is 18.1. The van der Waals surface area contributed by atoms with Crippen molar-refractivity contribution in [3.63, 3.8) is 0 Å². The molecule has 0 radical (unpaired) electrons. The van der Waals surface area contributed by atoms with Crippen LogP contribution in [0.15, 0.2) is 66.7 Å². The highest BCUT2D eigenvalue weighted by molar-refractivity contribution is 6.35. The van der Waals surface area contributed by atoms with E-state index in [2.05, 4.69) is 16.5 Å². The van der Waals surface area contributed by atoms with Gasteiger partial charge in [0, 0.05) is 58.3 Å². The van der Waals surface area contributed by atoms with Crippen molar-refractivity contribution in [3.8, 4) is 22.8 Å². The van der Waals surface area contributed by atoms with Gasteiger partial charge in [-0.2, -0.15) is 5.10 Å². The third kappa shape index (κ3) is 6.56. The van der Waals surface area contributed by atoms with Crippen LogP contribution in [-0.2, 0) is 20.0 Å². The molecule has 3 aromatic carbocycles. The molecule has 7 aromatic rings. The van der Waals surface area contributed by atoms with Crippen LogP contribution in [0.2, 0.25) is 10.0 Å². The second kappa shape index (κ2) is 15.2. The van der Waals surface area contributed by atoms with Gasteiger partial charge in [0.15, 0.2) is 0 Å². The summed E-state index contributed by atoms with van der Waals surface area (Å²) in [6.07, 6.45) is 1.18. The van der Waals surface area contributed by atoms with Gasteiger partial charge in [0.2, 0.25) is 5.88 Å². The molecule has 0 fully saturated rings. The first kappa shape index (κ1) is 39.1. The van der Waals surface area contributed by atoms with E-state index in [1.54, 1.807) is 28.7 Å². The lowest BCUT2D eigenvalue weighted by molar-refractivity contribution is 0.0686. The lowest BCUT2D eigenvalue weighted by atomic mass is 9.98. The van der Waals surface area contributed by atoms with Crippen molar-refractivity contribution in [1.29, 1.82) is 0 Å². The lowest BCUT2D eigenvalue weighted by Gasteiger charge is -2.35. The first-order valence-electron chi connectivity index (χ1n) is 19.2. The normalized spacial score (nSPS) is 14.1. The fourth-order valence-electron chi connectivity index (χ4n) is 8.62. The predicted molar refractivity (Wildman–Crippen MR) is 229 cm³/mol. The molecule has 13 heteroatoms. The summed E-state index contributed by atoms with van der Waals surface area (Å²) in [4.78, 5) is 34.5. The van der Waals surface area contributed by atoms with Crippen LogP contribution in [-0.4, -0.2) is 61.1 Å². The molecule has 0 bridgehead atoms. The molecule has 0 unspecified atom stereocenters. The molecule has 298 valence electrons. The van der Waals surface area contributed by atoms with Crippen molar-refractivity contribution in [2.45, 2.75) is 60.0 Å². The minimum Gasteiger partial charge on any atom is -0.494 e. The molecular weight excluding hydrogens is 775 g/mol. The van der Waals surface area contributed by atoms with E-state index in [1.807, 2.05) is 94.0 Å². The topological polar surface area (TPSA) is 117 Å². The third-order valence-corrected chi connectivity index (χ3v) is 12.2. The van der Waals surface area contributed by atoms with E-state index >= 15 is 4.79 Å². The van der Waals surface area contributed by atoms with Crippen molar-refractivity contribution in [2.24, 2.45) is 7.05 Å². The standard InChI is InChI=1S/C45H44Cl2N6O5/c1-24-19-31(20-25(2)40(24)47)58-18-10-13-32-33-16-17-34(46)39(38-27(4)49-50(6)28(38)5)42(33)53-26(3)22-52(44(54)43(32)53)35-14-8-11-29-21-36(45(55)56)51(41(29)35)23-30-12-9-15-37(48-30)57-7/h8-9,11-12,14-17,19-21,26H,10,13,18,22-23H2,1-7H3,(H,55,56)/t26-/m1/s1. The summed E-state index contributed by atoms with van der Waals surface area (Å²) in [7, 11) is 3.46. The number of hydrogen-bond donors (Lipinski definition) is 1. The van der Waals surface area contributed by atoms with Gasteiger partial charge in [-0.1, -0.05) is 47.5 Å². The van der Waals surface area contributed by atoms with Crippen LogP contribution in [0, 0.1) is 27.7 Å². The number of ether oxygens (including phenoxy) is 2. The molecule has 1 aliphatic rings. The summed E-state index contributed by atoms with van der Waals surface area (Å²) >= 11 is 13.6. The fourth-order valence-corrected chi connectivity index (χ4v) is 8.98. The number of para-hydroxylation sites is 1. The number of pyridine rings is 1. The largest absolute Gasteiger partial charge is 0.494 e. The molecule has 1 aliphatic heterocycles. The van der Waals surface area contributed by atoms with Crippen LogP contribution in [0.25, 0.3) is 32.9 Å². The van der Waals surface area contributed by atoms with Gasteiger partial charge in [-0.05, 0) is 101 Å². The Morgan fingerprint density at radius 2 is 1.71 bits per heavy atom. The average Bonchev–Trinajstić information content (AvgIpc) is 3.82. The molecule has 0 spiro atoms. The zero-order valence-corrected chi connectivity index (χ0v) is 35.0. The number of hydrogen-bond acceptors (Lipinski definition) is 6. The Hall–Kier alpha value is -5.78. The van der Waals surface area contributed by atoms with Gasteiger partial charge >= 0.3 is 5.97 Å². The first-order chi connectivity index (χ1) is 27.8. The van der Waals surface area contributed by atoms with Crippen LogP contribution in [0.1, 0.15) is 74.1 Å². The number of carboxylic acids is 1. The van der Waals surface area contributed by atoms with E-state index in [0.717, 1.165) is 60.9 Å². The Labute approximate surface area is 346 Å². The van der Waals surface area contributed by atoms with Crippen LogP contribution >= 0.6 is 23.2 Å². The summed E-state index contributed by atoms with van der Waals surface area (Å²) in [6.45, 7) is 10.9. The van der Waals surface area contributed by atoms with Crippen molar-refractivity contribution >= 4 is 62.6 Å². The van der Waals surface area contributed by atoms with Gasteiger partial charge in [0.05, 0.1) is 53.4 Å². The number of carbonyl (C=O) groups excluding carboxylic acids is 1. The van der Waals surface area contributed by atoms with Crippen molar-refractivity contribution in [2.75, 3.05) is 25.2 Å². The number of benzene rings is 3. The van der Waals surface area contributed by atoms with Crippen LogP contribution in [0.3, 0.4) is 0 Å². The lowest BCUT2D eigenvalue weighted by Crippen LogP contribution is -2.43. The highest BCUT2D eigenvalue weighted by Gasteiger charge is 2.38. The minimum absolute atomic E-state index is 0.0898. The molecule has 0 saturated carbocycles. The number of aromatic carboxylic acids is 1. The molecule has 11 nitrogen and oxygen atoms in total. The van der Waals surface area contributed by atoms with Crippen molar-refractivity contribution in [1.82, 2.24) is 23.9 Å². The quantitative estimate of drug-likeness (QED) is 0.129. The maximum Gasteiger partial charge on any atom is 0.352 e. The summed E-state index contributed by atoms with van der Waals surface area (Å²) in [5.74, 6) is -0.0992. The minimum atomic E-state index is -1.08. The number of anilines is 1. The second-order valence-corrected chi connectivity index (χ2v) is 15.9. The number of aromatic nitrogens is 5. The number of amides is 1. The van der Waals surface area contributed by atoms with E-state index in [-0.39, 0.29) is 24.2 Å². The van der Waals surface area contributed by atoms with E-state index < -0.39 is 5.97 Å². The molecule has 1 N–H and O–H groups in total. The first-order valence-corrected chi connectivity index (χ1v) is 20.0.